The first-order valence-electron chi connectivity index (χ1n) is 6.70. The van der Waals surface area contributed by atoms with Crippen molar-refractivity contribution < 1.29 is 14.3 Å². The highest BCUT2D eigenvalue weighted by molar-refractivity contribution is 9.10. The maximum absolute atomic E-state index is 11.8. The Morgan fingerprint density at radius 1 is 1.26 bits per heavy atom. The van der Waals surface area contributed by atoms with Crippen LogP contribution in [0.25, 0.3) is 0 Å². The van der Waals surface area contributed by atoms with Crippen LogP contribution in [0.2, 0.25) is 4.34 Å². The Kier molecular flexibility index (Phi) is 6.71. The maximum Gasteiger partial charge on any atom is 0.316 e. The summed E-state index contributed by atoms with van der Waals surface area (Å²) in [4.78, 5) is 25.2. The summed E-state index contributed by atoms with van der Waals surface area (Å²) in [5.41, 5.74) is 2.20. The largest absolute Gasteiger partial charge is 0.457 e. The average Bonchev–Trinajstić information content (AvgIpc) is 2.93. The van der Waals surface area contributed by atoms with E-state index in [0.29, 0.717) is 9.21 Å². The van der Waals surface area contributed by atoms with Crippen molar-refractivity contribution in [3.63, 3.8) is 0 Å². The zero-order chi connectivity index (χ0) is 17.0. The molecule has 0 aliphatic rings. The van der Waals surface area contributed by atoms with Gasteiger partial charge in [0.05, 0.1) is 15.0 Å². The van der Waals surface area contributed by atoms with Gasteiger partial charge in [-0.15, -0.1) is 23.1 Å². The molecule has 7 heteroatoms. The summed E-state index contributed by atoms with van der Waals surface area (Å²) in [6, 6.07) is 7.32. The number of ketones is 1. The lowest BCUT2D eigenvalue weighted by molar-refractivity contribution is -0.139. The fourth-order valence-electron chi connectivity index (χ4n) is 1.77. The minimum Gasteiger partial charge on any atom is -0.457 e. The van der Waals surface area contributed by atoms with Crippen molar-refractivity contribution in [2.75, 3.05) is 12.4 Å². The minimum atomic E-state index is -0.411. The van der Waals surface area contributed by atoms with Crippen molar-refractivity contribution in [3.8, 4) is 0 Å². The van der Waals surface area contributed by atoms with Gasteiger partial charge in [-0.3, -0.25) is 9.59 Å². The molecule has 0 spiro atoms. The zero-order valence-corrected chi connectivity index (χ0v) is 16.5. The Morgan fingerprint density at radius 3 is 2.65 bits per heavy atom. The van der Waals surface area contributed by atoms with Gasteiger partial charge in [0.2, 0.25) is 5.78 Å². The van der Waals surface area contributed by atoms with Crippen molar-refractivity contribution in [2.45, 2.75) is 18.7 Å². The lowest BCUT2D eigenvalue weighted by atomic mass is 10.2. The van der Waals surface area contributed by atoms with Gasteiger partial charge in [-0.1, -0.05) is 27.5 Å². The van der Waals surface area contributed by atoms with E-state index in [0.717, 1.165) is 20.5 Å². The smallest absolute Gasteiger partial charge is 0.316 e. The lowest BCUT2D eigenvalue weighted by Gasteiger charge is -2.08. The number of halogens is 2. The third-order valence-corrected chi connectivity index (χ3v) is 6.27. The zero-order valence-electron chi connectivity index (χ0n) is 12.5. The summed E-state index contributed by atoms with van der Waals surface area (Å²) in [6.45, 7) is 3.73. The van der Waals surface area contributed by atoms with Crippen molar-refractivity contribution in [1.82, 2.24) is 0 Å². The Morgan fingerprint density at radius 2 is 2.00 bits per heavy atom. The molecule has 23 heavy (non-hydrogen) atoms. The summed E-state index contributed by atoms with van der Waals surface area (Å²) < 4.78 is 6.61. The van der Waals surface area contributed by atoms with Crippen LogP contribution in [-0.4, -0.2) is 24.1 Å². The summed E-state index contributed by atoms with van der Waals surface area (Å²) in [6.07, 6.45) is 0. The van der Waals surface area contributed by atoms with E-state index < -0.39 is 5.97 Å². The molecule has 122 valence electrons. The van der Waals surface area contributed by atoms with E-state index in [1.807, 2.05) is 26.0 Å². The highest BCUT2D eigenvalue weighted by atomic mass is 79.9. The number of thiophene rings is 1. The number of carbonyl (C=O) groups is 2. The van der Waals surface area contributed by atoms with Crippen molar-refractivity contribution in [2.24, 2.45) is 0 Å². The fourth-order valence-corrected chi connectivity index (χ4v) is 4.10. The monoisotopic (exact) mass is 432 g/mol. The van der Waals surface area contributed by atoms with Crippen LogP contribution in [0.3, 0.4) is 0 Å². The van der Waals surface area contributed by atoms with Crippen LogP contribution in [0, 0.1) is 13.8 Å². The molecule has 0 N–H and O–H groups in total. The second kappa shape index (κ2) is 8.33. The number of benzene rings is 1. The summed E-state index contributed by atoms with van der Waals surface area (Å²) in [5, 5.41) is 0. The molecule has 1 aromatic heterocycles. The molecule has 2 aromatic rings. The summed E-state index contributed by atoms with van der Waals surface area (Å²) >= 11 is 11.8. The van der Waals surface area contributed by atoms with Crippen LogP contribution in [0.1, 0.15) is 20.8 Å². The number of aryl methyl sites for hydroxylation is 2. The molecule has 1 aromatic carbocycles. The van der Waals surface area contributed by atoms with Gasteiger partial charge in [0, 0.05) is 9.37 Å². The molecule has 2 rings (SSSR count). The summed E-state index contributed by atoms with van der Waals surface area (Å²) in [7, 11) is 0. The van der Waals surface area contributed by atoms with Crippen LogP contribution in [0.15, 0.2) is 33.6 Å². The molecule has 0 saturated heterocycles. The van der Waals surface area contributed by atoms with Crippen LogP contribution >= 0.6 is 50.6 Å². The molecule has 0 radical (unpaired) electrons. The topological polar surface area (TPSA) is 43.4 Å². The van der Waals surface area contributed by atoms with Gasteiger partial charge in [-0.05, 0) is 49.2 Å². The third-order valence-electron chi connectivity index (χ3n) is 3.01. The van der Waals surface area contributed by atoms with Crippen molar-refractivity contribution in [3.05, 3.63) is 49.1 Å². The van der Waals surface area contributed by atoms with E-state index in [2.05, 4.69) is 15.9 Å². The van der Waals surface area contributed by atoms with Crippen molar-refractivity contribution >= 4 is 62.4 Å². The van der Waals surface area contributed by atoms with E-state index >= 15 is 0 Å². The minimum absolute atomic E-state index is 0.167. The molecule has 3 nitrogen and oxygen atoms in total. The molecule has 0 atom stereocenters. The van der Waals surface area contributed by atoms with Gasteiger partial charge in [0.1, 0.15) is 0 Å². The Bertz CT molecular complexity index is 743. The van der Waals surface area contributed by atoms with Gasteiger partial charge in [-0.2, -0.15) is 0 Å². The first kappa shape index (κ1) is 18.5. The third kappa shape index (κ3) is 5.35. The number of ether oxygens (including phenoxy) is 1. The molecule has 0 bridgehead atoms. The van der Waals surface area contributed by atoms with E-state index in [-0.39, 0.29) is 18.1 Å². The van der Waals surface area contributed by atoms with Crippen LogP contribution in [0.5, 0.6) is 0 Å². The van der Waals surface area contributed by atoms with Crippen LogP contribution in [0.4, 0.5) is 0 Å². The van der Waals surface area contributed by atoms with Gasteiger partial charge >= 0.3 is 5.97 Å². The average molecular weight is 434 g/mol. The fraction of sp³-hybridized carbons (Fsp3) is 0.250. The Balaban J connectivity index is 1.84. The number of carbonyl (C=O) groups excluding carboxylic acids is 2. The van der Waals surface area contributed by atoms with Crippen molar-refractivity contribution in [1.29, 1.82) is 0 Å². The quantitative estimate of drug-likeness (QED) is 0.352. The predicted octanol–water partition coefficient (Wildman–Crippen LogP) is 5.30. The van der Waals surface area contributed by atoms with E-state index in [4.69, 9.17) is 16.3 Å². The molecule has 0 aliphatic heterocycles. The number of thioether (sulfide) groups is 1. The van der Waals surface area contributed by atoms with Crippen LogP contribution < -0.4 is 0 Å². The Hall–Kier alpha value is -0.820. The number of esters is 1. The maximum atomic E-state index is 11.8. The standard InChI is InChI=1S/C16H14BrClO3S2/c1-9-6-14(10(2)5-11(9)17)22-8-16(20)21-7-12(19)13-3-4-15(18)23-13/h3-6H,7-8H2,1-2H3. The molecule has 0 aliphatic carbocycles. The second-order valence-corrected chi connectivity index (χ2v) is 8.43. The first-order valence-corrected chi connectivity index (χ1v) is 9.68. The number of hydrogen-bond donors (Lipinski definition) is 0. The molecule has 1 heterocycles. The lowest BCUT2D eigenvalue weighted by Crippen LogP contribution is -2.14. The number of Topliss-reactive ketones (excluding diaryl/α,β-unsaturated/α-hetero) is 1. The molecular weight excluding hydrogens is 420 g/mol. The van der Waals surface area contributed by atoms with E-state index in [1.54, 1.807) is 12.1 Å². The molecule has 0 saturated carbocycles. The van der Waals surface area contributed by atoms with Gasteiger partial charge < -0.3 is 4.74 Å². The number of rotatable bonds is 6. The van der Waals surface area contributed by atoms with E-state index in [9.17, 15) is 9.59 Å². The second-order valence-electron chi connectivity index (χ2n) is 4.84. The normalized spacial score (nSPS) is 10.6. The summed E-state index contributed by atoms with van der Waals surface area (Å²) in [5.74, 6) is -0.484. The Labute approximate surface area is 156 Å². The van der Waals surface area contributed by atoms with Gasteiger partial charge in [-0.25, -0.2) is 0 Å². The molecule has 0 unspecified atom stereocenters. The SMILES string of the molecule is Cc1cc(SCC(=O)OCC(=O)c2ccc(Cl)s2)c(C)cc1Br. The highest BCUT2D eigenvalue weighted by Crippen LogP contribution is 2.28. The van der Waals surface area contributed by atoms with Gasteiger partial charge in [0.15, 0.2) is 6.61 Å². The predicted molar refractivity (Wildman–Crippen MR) is 99.0 cm³/mol. The van der Waals surface area contributed by atoms with E-state index in [1.165, 1.54) is 23.1 Å². The van der Waals surface area contributed by atoms with Crippen LogP contribution in [-0.2, 0) is 9.53 Å². The molecule has 0 fully saturated rings. The van der Waals surface area contributed by atoms with Gasteiger partial charge in [0.25, 0.3) is 0 Å². The number of hydrogen-bond acceptors (Lipinski definition) is 5. The first-order chi connectivity index (χ1) is 10.9. The molecule has 0 amide bonds. The highest BCUT2D eigenvalue weighted by Gasteiger charge is 2.13. The molecular formula is C16H14BrClO3S2.